The Morgan fingerprint density at radius 2 is 1.87 bits per heavy atom. The summed E-state index contributed by atoms with van der Waals surface area (Å²) in [5.74, 6) is 0.988. The van der Waals surface area contributed by atoms with Gasteiger partial charge in [0, 0.05) is 35.8 Å². The van der Waals surface area contributed by atoms with E-state index in [1.807, 2.05) is 36.5 Å². The van der Waals surface area contributed by atoms with Crippen molar-refractivity contribution >= 4 is 44.8 Å². The Balaban J connectivity index is 1.06. The molecule has 1 aliphatic rings. The highest BCUT2D eigenvalue weighted by Gasteiger charge is 2.37. The van der Waals surface area contributed by atoms with Gasteiger partial charge in [0.2, 0.25) is 10.0 Å². The monoisotopic (exact) mass is 546 g/mol. The minimum absolute atomic E-state index is 0.239. The maximum absolute atomic E-state index is 12.8. The van der Waals surface area contributed by atoms with Crippen LogP contribution in [0.3, 0.4) is 0 Å². The van der Waals surface area contributed by atoms with Gasteiger partial charge < -0.3 is 10.6 Å². The van der Waals surface area contributed by atoms with Crippen molar-refractivity contribution in [2.45, 2.75) is 20.9 Å². The number of sulfonamides is 1. The molecule has 0 bridgehead atoms. The number of carbonyl (C=O) groups excluding carboxylic acids is 1. The number of nitrogens with zero attached hydrogens (tertiary/aromatic N) is 5. The maximum Gasteiger partial charge on any atom is 0.251 e. The lowest BCUT2D eigenvalue weighted by Gasteiger charge is -2.38. The highest BCUT2D eigenvalue weighted by atomic mass is 32.2. The summed E-state index contributed by atoms with van der Waals surface area (Å²) in [6.45, 7) is 0.479. The summed E-state index contributed by atoms with van der Waals surface area (Å²) in [5.41, 5.74) is 1.32. The fourth-order valence-corrected chi connectivity index (χ4v) is 6.47. The third kappa shape index (κ3) is 4.86. The van der Waals surface area contributed by atoms with E-state index in [1.54, 1.807) is 47.0 Å². The number of anilines is 2. The van der Waals surface area contributed by atoms with Gasteiger partial charge in [0.15, 0.2) is 11.6 Å². The molecule has 0 aliphatic carbocycles. The van der Waals surface area contributed by atoms with E-state index in [4.69, 9.17) is 0 Å². The first-order chi connectivity index (χ1) is 18.5. The number of amides is 1. The molecule has 1 amide bonds. The van der Waals surface area contributed by atoms with Crippen molar-refractivity contribution in [1.82, 2.24) is 34.4 Å². The molecule has 3 N–H and O–H groups in total. The first kappa shape index (κ1) is 24.2. The van der Waals surface area contributed by atoms with Crippen molar-refractivity contribution in [3.63, 3.8) is 0 Å². The largest absolute Gasteiger partial charge is 0.347 e. The molecular formula is C25H22N8O3S2. The molecule has 1 saturated heterocycles. The van der Waals surface area contributed by atoms with Crippen LogP contribution in [0.25, 0.3) is 5.52 Å². The zero-order chi connectivity index (χ0) is 26.1. The number of H-pyrrole nitrogens is 1. The third-order valence-electron chi connectivity index (χ3n) is 6.02. The molecule has 0 spiro atoms. The second kappa shape index (κ2) is 9.93. The first-order valence-corrected chi connectivity index (χ1v) is 14.0. The van der Waals surface area contributed by atoms with E-state index >= 15 is 0 Å². The van der Waals surface area contributed by atoms with Crippen LogP contribution in [0, 0.1) is 0 Å². The molecule has 38 heavy (non-hydrogen) atoms. The molecule has 0 saturated carbocycles. The number of hydrogen-bond donors (Lipinski definition) is 3. The molecular weight excluding hydrogens is 524 g/mol. The van der Waals surface area contributed by atoms with Crippen molar-refractivity contribution < 1.29 is 13.2 Å². The predicted molar refractivity (Wildman–Crippen MR) is 142 cm³/mol. The number of aromatic nitrogens is 5. The minimum Gasteiger partial charge on any atom is -0.347 e. The van der Waals surface area contributed by atoms with Crippen molar-refractivity contribution in [2.75, 3.05) is 18.4 Å². The Morgan fingerprint density at radius 1 is 1.03 bits per heavy atom. The van der Waals surface area contributed by atoms with Gasteiger partial charge in [0.05, 0.1) is 16.0 Å². The average Bonchev–Trinajstić information content (AvgIpc) is 3.56. The first-order valence-electron chi connectivity index (χ1n) is 11.7. The molecule has 13 heteroatoms. The van der Waals surface area contributed by atoms with E-state index < -0.39 is 10.0 Å². The van der Waals surface area contributed by atoms with Gasteiger partial charge >= 0.3 is 0 Å². The van der Waals surface area contributed by atoms with Crippen LogP contribution in [0.4, 0.5) is 11.6 Å². The van der Waals surface area contributed by atoms with E-state index in [0.717, 1.165) is 15.4 Å². The topological polar surface area (TPSA) is 137 Å². The van der Waals surface area contributed by atoms with E-state index in [1.165, 1.54) is 22.4 Å². The Labute approximate surface area is 222 Å². The molecule has 0 atom stereocenters. The molecule has 2 aromatic carbocycles. The summed E-state index contributed by atoms with van der Waals surface area (Å²) in [6, 6.07) is 20.9. The molecule has 6 rings (SSSR count). The SMILES string of the molecule is O=C(NC1CN(S(=O)(=O)c2ccccc2)C1)c1cccc(Sc2cc(Nc3ncnn4cccc34)n[nH]2)c1. The van der Waals surface area contributed by atoms with Gasteiger partial charge in [-0.1, -0.05) is 36.0 Å². The lowest BCUT2D eigenvalue weighted by atomic mass is 10.1. The molecule has 11 nitrogen and oxygen atoms in total. The summed E-state index contributed by atoms with van der Waals surface area (Å²) in [4.78, 5) is 18.2. The second-order valence-electron chi connectivity index (χ2n) is 8.62. The van der Waals surface area contributed by atoms with E-state index in [2.05, 4.69) is 30.9 Å². The van der Waals surface area contributed by atoms with Crippen LogP contribution in [0.15, 0.2) is 100 Å². The maximum atomic E-state index is 12.8. The van der Waals surface area contributed by atoms with Crippen molar-refractivity contribution in [2.24, 2.45) is 0 Å². The predicted octanol–water partition coefficient (Wildman–Crippen LogP) is 3.15. The van der Waals surface area contributed by atoms with Crippen LogP contribution >= 0.6 is 11.8 Å². The van der Waals surface area contributed by atoms with Crippen LogP contribution in [0.5, 0.6) is 0 Å². The van der Waals surface area contributed by atoms with Gasteiger partial charge in [-0.25, -0.2) is 17.9 Å². The third-order valence-corrected chi connectivity index (χ3v) is 8.79. The Hall–Kier alpha value is -4.20. The van der Waals surface area contributed by atoms with Crippen LogP contribution in [-0.2, 0) is 10.0 Å². The number of fused-ring (bicyclic) bond motifs is 1. The molecule has 0 radical (unpaired) electrons. The number of carbonyl (C=O) groups is 1. The van der Waals surface area contributed by atoms with Crippen LogP contribution in [0.2, 0.25) is 0 Å². The van der Waals surface area contributed by atoms with Gasteiger partial charge in [-0.2, -0.15) is 14.5 Å². The molecule has 1 fully saturated rings. The Kier molecular flexibility index (Phi) is 6.31. The molecule has 1 aliphatic heterocycles. The van der Waals surface area contributed by atoms with Crippen LogP contribution in [-0.4, -0.2) is 62.6 Å². The average molecular weight is 547 g/mol. The highest BCUT2D eigenvalue weighted by Crippen LogP contribution is 2.29. The van der Waals surface area contributed by atoms with Crippen molar-refractivity contribution in [3.8, 4) is 0 Å². The fraction of sp³-hybridized carbons (Fsp3) is 0.120. The van der Waals surface area contributed by atoms with Crippen molar-refractivity contribution in [3.05, 3.63) is 90.9 Å². The zero-order valence-corrected chi connectivity index (χ0v) is 21.5. The lowest BCUT2D eigenvalue weighted by molar-refractivity contribution is 0.0895. The van der Waals surface area contributed by atoms with E-state index in [9.17, 15) is 13.2 Å². The van der Waals surface area contributed by atoms with Gasteiger partial charge in [-0.05, 0) is 42.5 Å². The van der Waals surface area contributed by atoms with Gasteiger partial charge in [-0.3, -0.25) is 9.89 Å². The van der Waals surface area contributed by atoms with Crippen LogP contribution < -0.4 is 10.6 Å². The summed E-state index contributed by atoms with van der Waals surface area (Å²) in [6.07, 6.45) is 3.31. The zero-order valence-electron chi connectivity index (χ0n) is 19.9. The van der Waals surface area contributed by atoms with E-state index in [0.29, 0.717) is 17.2 Å². The number of benzene rings is 2. The van der Waals surface area contributed by atoms with E-state index in [-0.39, 0.29) is 29.9 Å². The number of nitrogens with one attached hydrogen (secondary N) is 3. The lowest BCUT2D eigenvalue weighted by Crippen LogP contribution is -2.60. The highest BCUT2D eigenvalue weighted by molar-refractivity contribution is 7.99. The number of hydrogen-bond acceptors (Lipinski definition) is 8. The normalized spacial score (nSPS) is 14.3. The molecule has 192 valence electrons. The quantitative estimate of drug-likeness (QED) is 0.270. The Morgan fingerprint density at radius 3 is 2.71 bits per heavy atom. The summed E-state index contributed by atoms with van der Waals surface area (Å²) < 4.78 is 28.4. The number of aromatic amines is 1. The number of rotatable bonds is 8. The fourth-order valence-electron chi connectivity index (χ4n) is 4.07. The standard InChI is InChI=1S/C25H22N8O3S2/c34-25(28-18-14-32(15-18)38(35,36)20-8-2-1-3-9-20)17-6-4-7-19(12-17)37-23-13-22(30-31-23)29-24-21-10-5-11-33(21)27-16-26-24/h1-13,16,18H,14-15H2,(H,28,34)(H2,26,27,29,30,31). The molecule has 4 heterocycles. The summed E-state index contributed by atoms with van der Waals surface area (Å²) in [5, 5.41) is 18.3. The minimum atomic E-state index is -3.55. The van der Waals surface area contributed by atoms with Crippen LogP contribution in [0.1, 0.15) is 10.4 Å². The molecule has 0 unspecified atom stereocenters. The molecule has 3 aromatic heterocycles. The Bertz CT molecular complexity index is 1710. The molecule has 5 aromatic rings. The summed E-state index contributed by atoms with van der Waals surface area (Å²) >= 11 is 1.43. The summed E-state index contributed by atoms with van der Waals surface area (Å²) in [7, 11) is -3.55. The van der Waals surface area contributed by atoms with Gasteiger partial charge in [0.1, 0.15) is 11.8 Å². The second-order valence-corrected chi connectivity index (χ2v) is 11.7. The van der Waals surface area contributed by atoms with Crippen molar-refractivity contribution in [1.29, 1.82) is 0 Å². The smallest absolute Gasteiger partial charge is 0.251 e. The van der Waals surface area contributed by atoms with Gasteiger partial charge in [-0.15, -0.1) is 0 Å². The van der Waals surface area contributed by atoms with Gasteiger partial charge in [0.25, 0.3) is 5.91 Å².